The highest BCUT2D eigenvalue weighted by molar-refractivity contribution is 8.00. The first-order valence-corrected chi connectivity index (χ1v) is 10.1. The third-order valence-corrected chi connectivity index (χ3v) is 6.00. The molecule has 2 heterocycles. The number of hydrogen-bond donors (Lipinski definition) is 0. The van der Waals surface area contributed by atoms with Gasteiger partial charge in [0.05, 0.1) is 12.4 Å². The van der Waals surface area contributed by atoms with Crippen molar-refractivity contribution in [3.8, 4) is 5.75 Å². The largest absolute Gasteiger partial charge is 0.493 e. The molecule has 0 saturated heterocycles. The molecule has 7 heteroatoms. The van der Waals surface area contributed by atoms with Crippen LogP contribution >= 0.6 is 23.1 Å². The van der Waals surface area contributed by atoms with Gasteiger partial charge in [-0.2, -0.15) is 0 Å². The van der Waals surface area contributed by atoms with E-state index in [1.54, 1.807) is 17.7 Å². The fourth-order valence-electron chi connectivity index (χ4n) is 2.51. The highest BCUT2D eigenvalue weighted by Crippen LogP contribution is 2.34. The van der Waals surface area contributed by atoms with E-state index in [0.717, 1.165) is 26.6 Å². The Morgan fingerprint density at radius 1 is 1.23 bits per heavy atom. The van der Waals surface area contributed by atoms with Crippen LogP contribution in [0.5, 0.6) is 5.75 Å². The van der Waals surface area contributed by atoms with Gasteiger partial charge in [-0.1, -0.05) is 30.0 Å². The molecule has 0 fully saturated rings. The molecule has 0 unspecified atom stereocenters. The average molecular weight is 389 g/mol. The lowest BCUT2D eigenvalue weighted by Gasteiger charge is -2.10. The number of aromatic nitrogens is 2. The maximum atomic E-state index is 12.2. The molecule has 1 aromatic carbocycles. The van der Waals surface area contributed by atoms with Crippen molar-refractivity contribution in [2.75, 3.05) is 12.4 Å². The molecule has 2 aromatic heterocycles. The first kappa shape index (κ1) is 18.7. The molecule has 0 radical (unpaired) electrons. The summed E-state index contributed by atoms with van der Waals surface area (Å²) < 4.78 is 11.0. The maximum Gasteiger partial charge on any atom is 0.316 e. The summed E-state index contributed by atoms with van der Waals surface area (Å²) in [6, 6.07) is 7.58. The summed E-state index contributed by atoms with van der Waals surface area (Å²) in [6.45, 7) is 6.83. The molecular weight excluding hydrogens is 368 g/mol. The van der Waals surface area contributed by atoms with Crippen molar-refractivity contribution in [3.05, 3.63) is 46.6 Å². The standard InChI is InChI=1S/C19H20N2O3S2/c1-4-23-15-8-6-5-7-14(15)9-24-16(22)10-25-18-17-12(2)13(3)26-19(17)21-11-20-18/h5-8,11H,4,9-10H2,1-3H3. The number of rotatable bonds is 7. The Kier molecular flexibility index (Phi) is 6.11. The summed E-state index contributed by atoms with van der Waals surface area (Å²) in [5.41, 5.74) is 2.04. The Balaban J connectivity index is 1.62. The first-order chi connectivity index (χ1) is 12.6. The Bertz CT molecular complexity index is 924. The zero-order chi connectivity index (χ0) is 18.5. The lowest BCUT2D eigenvalue weighted by atomic mass is 10.2. The van der Waals surface area contributed by atoms with E-state index < -0.39 is 0 Å². The van der Waals surface area contributed by atoms with Crippen molar-refractivity contribution in [3.63, 3.8) is 0 Å². The van der Waals surface area contributed by atoms with Crippen molar-refractivity contribution >= 4 is 39.3 Å². The van der Waals surface area contributed by atoms with E-state index in [9.17, 15) is 4.79 Å². The molecule has 5 nitrogen and oxygen atoms in total. The van der Waals surface area contributed by atoms with Crippen LogP contribution in [-0.4, -0.2) is 28.3 Å². The molecule has 0 N–H and O–H groups in total. The summed E-state index contributed by atoms with van der Waals surface area (Å²) in [6.07, 6.45) is 1.55. The summed E-state index contributed by atoms with van der Waals surface area (Å²) in [5.74, 6) is 0.673. The molecule has 3 rings (SSSR count). The number of thiophene rings is 1. The molecule has 0 spiro atoms. The van der Waals surface area contributed by atoms with Gasteiger partial charge >= 0.3 is 5.97 Å². The van der Waals surface area contributed by atoms with Gasteiger partial charge in [0.15, 0.2) is 0 Å². The maximum absolute atomic E-state index is 12.2. The van der Waals surface area contributed by atoms with Gasteiger partial charge in [-0.25, -0.2) is 9.97 Å². The van der Waals surface area contributed by atoms with E-state index in [0.29, 0.717) is 6.61 Å². The van der Waals surface area contributed by atoms with E-state index in [1.165, 1.54) is 22.2 Å². The van der Waals surface area contributed by atoms with E-state index >= 15 is 0 Å². The Labute approximate surface area is 160 Å². The fourth-order valence-corrected chi connectivity index (χ4v) is 4.42. The third kappa shape index (κ3) is 4.16. The minimum absolute atomic E-state index is 0.200. The van der Waals surface area contributed by atoms with Crippen LogP contribution in [0.3, 0.4) is 0 Å². The highest BCUT2D eigenvalue weighted by Gasteiger charge is 2.14. The van der Waals surface area contributed by atoms with Crippen molar-refractivity contribution < 1.29 is 14.3 Å². The van der Waals surface area contributed by atoms with E-state index in [4.69, 9.17) is 9.47 Å². The van der Waals surface area contributed by atoms with Gasteiger partial charge in [-0.15, -0.1) is 11.3 Å². The molecule has 3 aromatic rings. The smallest absolute Gasteiger partial charge is 0.316 e. The predicted molar refractivity (Wildman–Crippen MR) is 105 cm³/mol. The number of carbonyl (C=O) groups is 1. The number of ether oxygens (including phenoxy) is 2. The third-order valence-electron chi connectivity index (χ3n) is 3.92. The van der Waals surface area contributed by atoms with Crippen LogP contribution in [0.1, 0.15) is 22.9 Å². The second-order valence-corrected chi connectivity index (χ2v) is 7.80. The summed E-state index contributed by atoms with van der Waals surface area (Å²) >= 11 is 3.03. The average Bonchev–Trinajstić information content (AvgIpc) is 2.94. The lowest BCUT2D eigenvalue weighted by molar-refractivity contribution is -0.141. The topological polar surface area (TPSA) is 61.3 Å². The van der Waals surface area contributed by atoms with Crippen LogP contribution < -0.4 is 4.74 Å². The first-order valence-electron chi connectivity index (χ1n) is 8.30. The molecule has 0 aliphatic heterocycles. The van der Waals surface area contributed by atoms with Crippen LogP contribution in [0.4, 0.5) is 0 Å². The quantitative estimate of drug-likeness (QED) is 0.336. The molecule has 26 heavy (non-hydrogen) atoms. The van der Waals surface area contributed by atoms with Crippen molar-refractivity contribution in [2.24, 2.45) is 0 Å². The number of thioether (sulfide) groups is 1. The second kappa shape index (κ2) is 8.51. The number of aryl methyl sites for hydroxylation is 2. The molecule has 0 bridgehead atoms. The molecule has 0 atom stereocenters. The van der Waals surface area contributed by atoms with Gasteiger partial charge in [0.2, 0.25) is 0 Å². The van der Waals surface area contributed by atoms with Gasteiger partial charge in [-0.05, 0) is 32.4 Å². The van der Waals surface area contributed by atoms with Crippen molar-refractivity contribution in [2.45, 2.75) is 32.4 Å². The number of carbonyl (C=O) groups excluding carboxylic acids is 1. The highest BCUT2D eigenvalue weighted by atomic mass is 32.2. The number of fused-ring (bicyclic) bond motifs is 1. The van der Waals surface area contributed by atoms with E-state index in [2.05, 4.69) is 23.8 Å². The number of benzene rings is 1. The minimum Gasteiger partial charge on any atom is -0.493 e. The van der Waals surface area contributed by atoms with Crippen molar-refractivity contribution in [1.82, 2.24) is 9.97 Å². The second-order valence-electron chi connectivity index (χ2n) is 5.63. The number of nitrogens with zero attached hydrogens (tertiary/aromatic N) is 2. The Morgan fingerprint density at radius 3 is 2.85 bits per heavy atom. The van der Waals surface area contributed by atoms with E-state index in [-0.39, 0.29) is 18.3 Å². The number of hydrogen-bond acceptors (Lipinski definition) is 7. The van der Waals surface area contributed by atoms with Gasteiger partial charge in [0.25, 0.3) is 0 Å². The predicted octanol–water partition coefficient (Wildman–Crippen LogP) is 4.54. The van der Waals surface area contributed by atoms with Crippen LogP contribution in [0, 0.1) is 13.8 Å². The monoisotopic (exact) mass is 388 g/mol. The molecule has 0 amide bonds. The van der Waals surface area contributed by atoms with Crippen molar-refractivity contribution in [1.29, 1.82) is 0 Å². The molecular formula is C19H20N2O3S2. The Morgan fingerprint density at radius 2 is 2.04 bits per heavy atom. The molecule has 0 aliphatic carbocycles. The van der Waals surface area contributed by atoms with Gasteiger partial charge in [0.1, 0.15) is 28.5 Å². The lowest BCUT2D eigenvalue weighted by Crippen LogP contribution is -2.08. The zero-order valence-electron chi connectivity index (χ0n) is 14.9. The summed E-state index contributed by atoms with van der Waals surface area (Å²) in [4.78, 5) is 23.0. The minimum atomic E-state index is -0.280. The van der Waals surface area contributed by atoms with E-state index in [1.807, 2.05) is 31.2 Å². The molecule has 136 valence electrons. The number of para-hydroxylation sites is 1. The molecule has 0 aliphatic rings. The summed E-state index contributed by atoms with van der Waals surface area (Å²) in [7, 11) is 0. The van der Waals surface area contributed by atoms with Crippen LogP contribution in [0.25, 0.3) is 10.2 Å². The van der Waals surface area contributed by atoms with Gasteiger partial charge < -0.3 is 9.47 Å². The fraction of sp³-hybridized carbons (Fsp3) is 0.316. The summed E-state index contributed by atoms with van der Waals surface area (Å²) in [5, 5.41) is 1.86. The van der Waals surface area contributed by atoms with Crippen LogP contribution in [0.15, 0.2) is 35.6 Å². The SMILES string of the molecule is CCOc1ccccc1COC(=O)CSc1ncnc2sc(C)c(C)c12. The number of esters is 1. The Hall–Kier alpha value is -2.12. The molecule has 0 saturated carbocycles. The van der Waals surface area contributed by atoms with Gasteiger partial charge in [0, 0.05) is 15.8 Å². The normalized spacial score (nSPS) is 10.9. The van der Waals surface area contributed by atoms with Crippen LogP contribution in [-0.2, 0) is 16.1 Å². The van der Waals surface area contributed by atoms with Gasteiger partial charge in [-0.3, -0.25) is 4.79 Å². The zero-order valence-corrected chi connectivity index (χ0v) is 16.6. The van der Waals surface area contributed by atoms with Crippen LogP contribution in [0.2, 0.25) is 0 Å².